The Morgan fingerprint density at radius 2 is 2.14 bits per heavy atom. The highest BCUT2D eigenvalue weighted by molar-refractivity contribution is 9.09. The number of amides is 1. The Bertz CT molecular complexity index is 827. The van der Waals surface area contributed by atoms with Crippen LogP contribution in [-0.4, -0.2) is 28.2 Å². The number of allylic oxidation sites excluding steroid dienone is 2. The Morgan fingerprint density at radius 3 is 2.71 bits per heavy atom. The van der Waals surface area contributed by atoms with E-state index in [1.54, 1.807) is 11.8 Å². The Morgan fingerprint density at radius 1 is 1.39 bits per heavy atom. The van der Waals surface area contributed by atoms with Gasteiger partial charge >= 0.3 is 0 Å². The molecule has 0 radical (unpaired) electrons. The van der Waals surface area contributed by atoms with Crippen LogP contribution >= 0.6 is 15.9 Å². The number of alkyl halides is 1. The molecular weight excluding hydrogens is 416 g/mol. The highest BCUT2D eigenvalue weighted by Gasteiger charge is 2.49. The molecular formula is C23H25BrN2O2. The number of carbonyl (C=O) groups excluding carboxylic acids is 1. The number of terminal acetylenes is 1. The van der Waals surface area contributed by atoms with Crippen LogP contribution in [0.5, 0.6) is 0 Å². The number of benzene rings is 1. The molecule has 4 atom stereocenters. The van der Waals surface area contributed by atoms with E-state index >= 15 is 0 Å². The predicted octanol–water partition coefficient (Wildman–Crippen LogP) is 5.02. The fourth-order valence-electron chi connectivity index (χ4n) is 4.19. The van der Waals surface area contributed by atoms with Crippen molar-refractivity contribution in [1.82, 2.24) is 4.90 Å². The van der Waals surface area contributed by atoms with Crippen LogP contribution in [0.15, 0.2) is 59.3 Å². The molecule has 1 aliphatic carbocycles. The van der Waals surface area contributed by atoms with Crippen LogP contribution in [0.1, 0.15) is 37.8 Å². The lowest BCUT2D eigenvalue weighted by Gasteiger charge is -2.31. The van der Waals surface area contributed by atoms with Crippen molar-refractivity contribution in [2.24, 2.45) is 17.0 Å². The second-order valence-corrected chi connectivity index (χ2v) is 8.38. The number of hydrogen-bond donors (Lipinski definition) is 0. The van der Waals surface area contributed by atoms with Gasteiger partial charge in [0.1, 0.15) is 11.6 Å². The average Bonchev–Trinajstić information content (AvgIpc) is 3.11. The molecule has 1 fully saturated rings. The fraction of sp³-hybridized carbons (Fsp3) is 0.435. The summed E-state index contributed by atoms with van der Waals surface area (Å²) in [7, 11) is 0. The van der Waals surface area contributed by atoms with Gasteiger partial charge in [0.2, 0.25) is 5.91 Å². The second kappa shape index (κ2) is 8.87. The smallest absolute Gasteiger partial charge is 0.229 e. The predicted molar refractivity (Wildman–Crippen MR) is 116 cm³/mol. The molecule has 1 saturated heterocycles. The van der Waals surface area contributed by atoms with Gasteiger partial charge in [-0.15, -0.1) is 11.3 Å². The first-order valence-electron chi connectivity index (χ1n) is 9.66. The number of halogens is 1. The zero-order valence-corrected chi connectivity index (χ0v) is 17.6. The summed E-state index contributed by atoms with van der Waals surface area (Å²) in [5, 5.41) is 4.40. The lowest BCUT2D eigenvalue weighted by molar-refractivity contribution is -0.133. The molecule has 1 unspecified atom stereocenters. The standard InChI is InChI=1S/C23H25BrN2O2/c1-3-21(18-7-5-4-6-8-18)26-16-14-20(22(26)27)23(2,25-28)19-11-9-17(10-12-19)13-15-24/h1,4-9,11-12,17,20-21H,10,13-16H2,2H3/t17?,20-,21-,23-/m0/s1. The summed E-state index contributed by atoms with van der Waals surface area (Å²) in [5.41, 5.74) is 0.678. The monoisotopic (exact) mass is 440 g/mol. The van der Waals surface area contributed by atoms with Gasteiger partial charge in [-0.2, -0.15) is 0 Å². The van der Waals surface area contributed by atoms with Gasteiger partial charge in [0.05, 0.1) is 5.92 Å². The Hall–Kier alpha value is -2.19. The molecule has 28 heavy (non-hydrogen) atoms. The van der Waals surface area contributed by atoms with Gasteiger partial charge in [0.15, 0.2) is 0 Å². The summed E-state index contributed by atoms with van der Waals surface area (Å²) < 4.78 is 0. The van der Waals surface area contributed by atoms with Crippen LogP contribution < -0.4 is 0 Å². The van der Waals surface area contributed by atoms with Crippen molar-refractivity contribution in [3.05, 3.63) is 64.6 Å². The first-order valence-corrected chi connectivity index (χ1v) is 10.8. The number of rotatable bonds is 7. The zero-order valence-electron chi connectivity index (χ0n) is 16.1. The van der Waals surface area contributed by atoms with Crippen LogP contribution in [0.25, 0.3) is 0 Å². The van der Waals surface area contributed by atoms with Gasteiger partial charge in [0.25, 0.3) is 0 Å². The maximum absolute atomic E-state index is 13.3. The molecule has 0 aromatic heterocycles. The number of carbonyl (C=O) groups is 1. The normalized spacial score (nSPS) is 25.0. The largest absolute Gasteiger partial charge is 0.324 e. The Labute approximate surface area is 175 Å². The third-order valence-corrected chi connectivity index (χ3v) is 6.40. The van der Waals surface area contributed by atoms with Gasteiger partial charge < -0.3 is 4.90 Å². The van der Waals surface area contributed by atoms with E-state index in [1.807, 2.05) is 36.4 Å². The van der Waals surface area contributed by atoms with Crippen molar-refractivity contribution >= 4 is 21.8 Å². The van der Waals surface area contributed by atoms with E-state index in [1.165, 1.54) is 0 Å². The van der Waals surface area contributed by atoms with Crippen molar-refractivity contribution in [2.45, 2.75) is 37.8 Å². The van der Waals surface area contributed by atoms with Gasteiger partial charge in [-0.25, -0.2) is 0 Å². The number of hydrogen-bond acceptors (Lipinski definition) is 3. The lowest BCUT2D eigenvalue weighted by Crippen LogP contribution is -2.41. The van der Waals surface area contributed by atoms with Crippen molar-refractivity contribution in [1.29, 1.82) is 0 Å². The van der Waals surface area contributed by atoms with Crippen LogP contribution in [-0.2, 0) is 4.79 Å². The van der Waals surface area contributed by atoms with E-state index in [9.17, 15) is 9.70 Å². The van der Waals surface area contributed by atoms with Crippen LogP contribution in [0.3, 0.4) is 0 Å². The summed E-state index contributed by atoms with van der Waals surface area (Å²) in [4.78, 5) is 26.9. The van der Waals surface area contributed by atoms with Gasteiger partial charge in [-0.3, -0.25) is 4.79 Å². The van der Waals surface area contributed by atoms with Crippen LogP contribution in [0, 0.1) is 29.1 Å². The second-order valence-electron chi connectivity index (χ2n) is 7.58. The first kappa shape index (κ1) is 20.5. The highest BCUT2D eigenvalue weighted by atomic mass is 79.9. The number of nitrogens with zero attached hydrogens (tertiary/aromatic N) is 2. The molecule has 0 spiro atoms. The van der Waals surface area contributed by atoms with E-state index in [0.717, 1.165) is 29.3 Å². The topological polar surface area (TPSA) is 49.7 Å². The molecule has 5 heteroatoms. The number of nitroso groups, excluding NO2 is 1. The van der Waals surface area contributed by atoms with Crippen molar-refractivity contribution in [3.8, 4) is 12.3 Å². The molecule has 0 saturated carbocycles. The molecule has 0 N–H and O–H groups in total. The van der Waals surface area contributed by atoms with Crippen molar-refractivity contribution in [3.63, 3.8) is 0 Å². The van der Waals surface area contributed by atoms with Crippen LogP contribution in [0.4, 0.5) is 0 Å². The van der Waals surface area contributed by atoms with E-state index in [4.69, 9.17) is 6.42 Å². The van der Waals surface area contributed by atoms with E-state index < -0.39 is 17.5 Å². The molecule has 1 aromatic rings. The van der Waals surface area contributed by atoms with E-state index in [-0.39, 0.29) is 5.91 Å². The highest BCUT2D eigenvalue weighted by Crippen LogP contribution is 2.41. The fourth-order valence-corrected chi connectivity index (χ4v) is 4.78. The Kier molecular flexibility index (Phi) is 6.51. The van der Waals surface area contributed by atoms with E-state index in [0.29, 0.717) is 18.9 Å². The number of likely N-dealkylation sites (tertiary alicyclic amines) is 1. The molecule has 146 valence electrons. The summed E-state index contributed by atoms with van der Waals surface area (Å²) in [6.07, 6.45) is 14.4. The lowest BCUT2D eigenvalue weighted by atomic mass is 9.76. The quantitative estimate of drug-likeness (QED) is 0.339. The molecule has 1 aliphatic heterocycles. The maximum atomic E-state index is 13.3. The van der Waals surface area contributed by atoms with Gasteiger partial charge in [-0.05, 0) is 43.2 Å². The molecule has 1 aromatic carbocycles. The average molecular weight is 441 g/mol. The Balaban J connectivity index is 1.82. The summed E-state index contributed by atoms with van der Waals surface area (Å²) in [5.74, 6) is 2.62. The van der Waals surface area contributed by atoms with Gasteiger partial charge in [-0.1, -0.05) is 75.6 Å². The molecule has 4 nitrogen and oxygen atoms in total. The first-order chi connectivity index (χ1) is 13.5. The summed E-state index contributed by atoms with van der Waals surface area (Å²) in [6.45, 7) is 2.31. The summed E-state index contributed by atoms with van der Waals surface area (Å²) >= 11 is 3.47. The van der Waals surface area contributed by atoms with Crippen LogP contribution in [0.2, 0.25) is 0 Å². The van der Waals surface area contributed by atoms with Crippen molar-refractivity contribution in [2.75, 3.05) is 11.9 Å². The molecule has 2 aliphatic rings. The third kappa shape index (κ3) is 3.84. The molecule has 1 heterocycles. The third-order valence-electron chi connectivity index (χ3n) is 5.95. The minimum Gasteiger partial charge on any atom is -0.324 e. The SMILES string of the molecule is C#C[C@@H](c1ccccc1)N1CC[C@H]([C@@](C)(N=O)C2=CCC(CCBr)C=C2)C1=O. The maximum Gasteiger partial charge on any atom is 0.229 e. The molecule has 0 bridgehead atoms. The molecule has 3 rings (SSSR count). The molecule has 1 amide bonds. The summed E-state index contributed by atoms with van der Waals surface area (Å²) in [6, 6.07) is 9.18. The zero-order chi connectivity index (χ0) is 20.1. The minimum absolute atomic E-state index is 0.0919. The van der Waals surface area contributed by atoms with Gasteiger partial charge in [0, 0.05) is 11.9 Å². The van der Waals surface area contributed by atoms with E-state index in [2.05, 4.69) is 39.2 Å². The minimum atomic E-state index is -1.07. The van der Waals surface area contributed by atoms with Crippen molar-refractivity contribution < 1.29 is 4.79 Å².